The fourth-order valence-electron chi connectivity index (χ4n) is 2.39. The average molecular weight is 298 g/mol. The van der Waals surface area contributed by atoms with E-state index in [1.165, 1.54) is 5.56 Å². The van der Waals surface area contributed by atoms with Crippen LogP contribution in [-0.4, -0.2) is 38.6 Å². The molecule has 2 aromatic rings. The normalized spacial score (nSPS) is 12.0. The van der Waals surface area contributed by atoms with Gasteiger partial charge >= 0.3 is 0 Å². The van der Waals surface area contributed by atoms with Crippen LogP contribution in [0.25, 0.3) is 0 Å². The number of ether oxygens (including phenoxy) is 1. The number of carbonyl (C=O) groups is 1. The van der Waals surface area contributed by atoms with Gasteiger partial charge in [0.05, 0.1) is 18.7 Å². The molecule has 1 amide bonds. The molecule has 4 nitrogen and oxygen atoms in total. The van der Waals surface area contributed by atoms with E-state index < -0.39 is 0 Å². The predicted molar refractivity (Wildman–Crippen MR) is 88.2 cm³/mol. The average Bonchev–Trinajstić information content (AvgIpc) is 2.55. The van der Waals surface area contributed by atoms with Crippen molar-refractivity contribution < 1.29 is 9.53 Å². The van der Waals surface area contributed by atoms with Crippen LogP contribution in [0.5, 0.6) is 5.75 Å². The molecule has 22 heavy (non-hydrogen) atoms. The fourth-order valence-corrected chi connectivity index (χ4v) is 2.39. The Balaban J connectivity index is 2.08. The molecule has 2 rings (SSSR count). The molecule has 0 heterocycles. The zero-order valence-corrected chi connectivity index (χ0v) is 13.2. The molecule has 0 radical (unpaired) electrons. The molecular weight excluding hydrogens is 276 g/mol. The van der Waals surface area contributed by atoms with Gasteiger partial charge in [-0.05, 0) is 31.8 Å². The van der Waals surface area contributed by atoms with E-state index in [9.17, 15) is 4.79 Å². The first-order valence-corrected chi connectivity index (χ1v) is 7.26. The smallest absolute Gasteiger partial charge is 0.255 e. The van der Waals surface area contributed by atoms with Gasteiger partial charge in [-0.25, -0.2) is 0 Å². The molecule has 2 aromatic carbocycles. The zero-order valence-electron chi connectivity index (χ0n) is 13.2. The third-order valence-corrected chi connectivity index (χ3v) is 3.62. The summed E-state index contributed by atoms with van der Waals surface area (Å²) in [5, 5.41) is 2.99. The number of para-hydroxylation sites is 1. The van der Waals surface area contributed by atoms with Gasteiger partial charge in [0.15, 0.2) is 0 Å². The highest BCUT2D eigenvalue weighted by Crippen LogP contribution is 2.19. The van der Waals surface area contributed by atoms with Crippen LogP contribution in [0.3, 0.4) is 0 Å². The lowest BCUT2D eigenvalue weighted by Gasteiger charge is -2.25. The standard InChI is InChI=1S/C18H22N2O2/c1-20(2)16(14-9-5-4-6-10-14)13-19-18(21)15-11-7-8-12-17(15)22-3/h4-12,16H,13H2,1-3H3,(H,19,21). The van der Waals surface area contributed by atoms with Gasteiger partial charge in [-0.2, -0.15) is 0 Å². The van der Waals surface area contributed by atoms with Crippen LogP contribution in [0.4, 0.5) is 0 Å². The van der Waals surface area contributed by atoms with Crippen molar-refractivity contribution in [3.05, 3.63) is 65.7 Å². The van der Waals surface area contributed by atoms with Gasteiger partial charge in [-0.1, -0.05) is 42.5 Å². The summed E-state index contributed by atoms with van der Waals surface area (Å²) in [7, 11) is 5.58. The number of carbonyl (C=O) groups excluding carboxylic acids is 1. The topological polar surface area (TPSA) is 41.6 Å². The lowest BCUT2D eigenvalue weighted by Crippen LogP contribution is -2.34. The third kappa shape index (κ3) is 3.86. The highest BCUT2D eigenvalue weighted by Gasteiger charge is 2.17. The second-order valence-corrected chi connectivity index (χ2v) is 5.30. The van der Waals surface area contributed by atoms with Crippen LogP contribution in [-0.2, 0) is 0 Å². The quantitative estimate of drug-likeness (QED) is 0.891. The summed E-state index contributed by atoms with van der Waals surface area (Å²) in [6, 6.07) is 17.5. The molecule has 0 spiro atoms. The number of amides is 1. The monoisotopic (exact) mass is 298 g/mol. The van der Waals surface area contributed by atoms with Crippen molar-refractivity contribution in [1.82, 2.24) is 10.2 Å². The molecule has 116 valence electrons. The number of benzene rings is 2. The summed E-state index contributed by atoms with van der Waals surface area (Å²) < 4.78 is 5.23. The van der Waals surface area contributed by atoms with Gasteiger partial charge in [-0.3, -0.25) is 4.79 Å². The van der Waals surface area contributed by atoms with E-state index in [2.05, 4.69) is 22.3 Å². The van der Waals surface area contributed by atoms with Crippen molar-refractivity contribution in [1.29, 1.82) is 0 Å². The largest absolute Gasteiger partial charge is 0.496 e. The first-order chi connectivity index (χ1) is 10.6. The molecule has 1 unspecified atom stereocenters. The molecule has 1 atom stereocenters. The number of hydrogen-bond acceptors (Lipinski definition) is 3. The van der Waals surface area contributed by atoms with Crippen molar-refractivity contribution >= 4 is 5.91 Å². The van der Waals surface area contributed by atoms with E-state index in [-0.39, 0.29) is 11.9 Å². The lowest BCUT2D eigenvalue weighted by molar-refractivity contribution is 0.0939. The van der Waals surface area contributed by atoms with Crippen LogP contribution in [0, 0.1) is 0 Å². The summed E-state index contributed by atoms with van der Waals surface area (Å²) >= 11 is 0. The maximum atomic E-state index is 12.4. The number of likely N-dealkylation sites (N-methyl/N-ethyl adjacent to an activating group) is 1. The second kappa shape index (κ2) is 7.61. The molecule has 0 aliphatic rings. The van der Waals surface area contributed by atoms with Crippen LogP contribution in [0.15, 0.2) is 54.6 Å². The van der Waals surface area contributed by atoms with Gasteiger partial charge in [0, 0.05) is 6.54 Å². The minimum absolute atomic E-state index is 0.125. The Morgan fingerprint density at radius 3 is 2.36 bits per heavy atom. The molecular formula is C18H22N2O2. The first-order valence-electron chi connectivity index (χ1n) is 7.26. The highest BCUT2D eigenvalue weighted by atomic mass is 16.5. The maximum Gasteiger partial charge on any atom is 0.255 e. The highest BCUT2D eigenvalue weighted by molar-refractivity contribution is 5.96. The Morgan fingerprint density at radius 1 is 1.09 bits per heavy atom. The SMILES string of the molecule is COc1ccccc1C(=O)NCC(c1ccccc1)N(C)C. The predicted octanol–water partition coefficient (Wildman–Crippen LogP) is 2.73. The maximum absolute atomic E-state index is 12.4. The van der Waals surface area contributed by atoms with Gasteiger partial charge in [0.2, 0.25) is 0 Å². The van der Waals surface area contributed by atoms with E-state index in [4.69, 9.17) is 4.74 Å². The van der Waals surface area contributed by atoms with Crippen molar-refractivity contribution in [2.45, 2.75) is 6.04 Å². The minimum atomic E-state index is -0.125. The van der Waals surface area contributed by atoms with E-state index in [0.717, 1.165) is 0 Å². The number of nitrogens with one attached hydrogen (secondary N) is 1. The molecule has 0 saturated heterocycles. The molecule has 0 aliphatic heterocycles. The van der Waals surface area contributed by atoms with Crippen molar-refractivity contribution in [2.75, 3.05) is 27.7 Å². The summed E-state index contributed by atoms with van der Waals surface area (Å²) in [6.45, 7) is 0.536. The Bertz CT molecular complexity index is 611. The fraction of sp³-hybridized carbons (Fsp3) is 0.278. The van der Waals surface area contributed by atoms with Crippen molar-refractivity contribution in [3.63, 3.8) is 0 Å². The van der Waals surface area contributed by atoms with Gasteiger partial charge in [0.25, 0.3) is 5.91 Å². The summed E-state index contributed by atoms with van der Waals surface area (Å²) in [5.74, 6) is 0.460. The van der Waals surface area contributed by atoms with Gasteiger partial charge in [0.1, 0.15) is 5.75 Å². The lowest BCUT2D eigenvalue weighted by atomic mass is 10.1. The molecule has 0 saturated carbocycles. The van der Waals surface area contributed by atoms with E-state index >= 15 is 0 Å². The van der Waals surface area contributed by atoms with Gasteiger partial charge in [-0.15, -0.1) is 0 Å². The number of methoxy groups -OCH3 is 1. The van der Waals surface area contributed by atoms with E-state index in [1.807, 2.05) is 44.4 Å². The van der Waals surface area contributed by atoms with E-state index in [0.29, 0.717) is 17.9 Å². The van der Waals surface area contributed by atoms with Gasteiger partial charge < -0.3 is 15.0 Å². The third-order valence-electron chi connectivity index (χ3n) is 3.62. The van der Waals surface area contributed by atoms with E-state index in [1.54, 1.807) is 19.2 Å². The molecule has 0 aromatic heterocycles. The van der Waals surface area contributed by atoms with Crippen LogP contribution in [0.1, 0.15) is 22.0 Å². The Labute approximate surface area is 131 Å². The Kier molecular flexibility index (Phi) is 5.55. The van der Waals surface area contributed by atoms with Crippen LogP contribution < -0.4 is 10.1 Å². The molecule has 0 fully saturated rings. The summed E-state index contributed by atoms with van der Waals surface area (Å²) in [5.41, 5.74) is 1.73. The minimum Gasteiger partial charge on any atom is -0.496 e. The zero-order chi connectivity index (χ0) is 15.9. The number of nitrogens with zero attached hydrogens (tertiary/aromatic N) is 1. The summed E-state index contributed by atoms with van der Waals surface area (Å²) in [6.07, 6.45) is 0. The van der Waals surface area contributed by atoms with Crippen LogP contribution in [0.2, 0.25) is 0 Å². The number of hydrogen-bond donors (Lipinski definition) is 1. The number of rotatable bonds is 6. The van der Waals surface area contributed by atoms with Crippen LogP contribution >= 0.6 is 0 Å². The molecule has 1 N–H and O–H groups in total. The molecule has 0 aliphatic carbocycles. The second-order valence-electron chi connectivity index (χ2n) is 5.30. The molecule has 0 bridgehead atoms. The first kappa shape index (κ1) is 16.0. The van der Waals surface area contributed by atoms with Crippen molar-refractivity contribution in [3.8, 4) is 5.75 Å². The Hall–Kier alpha value is -2.33. The van der Waals surface area contributed by atoms with Crippen molar-refractivity contribution in [2.24, 2.45) is 0 Å². The summed E-state index contributed by atoms with van der Waals surface area (Å²) in [4.78, 5) is 14.5. The molecule has 4 heteroatoms. The Morgan fingerprint density at radius 2 is 1.73 bits per heavy atom.